The minimum absolute atomic E-state index is 0.0635. The van der Waals surface area contributed by atoms with Crippen LogP contribution in [0.3, 0.4) is 0 Å². The molecular formula is C30H50N4O3. The van der Waals surface area contributed by atoms with E-state index in [1.807, 2.05) is 4.90 Å². The summed E-state index contributed by atoms with van der Waals surface area (Å²) in [5.74, 6) is -0.346. The molecule has 1 fully saturated rings. The summed E-state index contributed by atoms with van der Waals surface area (Å²) in [5.41, 5.74) is 12.5. The average molecular weight is 515 g/mol. The quantitative estimate of drug-likeness (QED) is 0.219. The number of rotatable bonds is 14. The summed E-state index contributed by atoms with van der Waals surface area (Å²) in [5, 5.41) is 2.88. The van der Waals surface area contributed by atoms with E-state index >= 15 is 0 Å². The molecule has 0 spiro atoms. The zero-order chi connectivity index (χ0) is 26.7. The average Bonchev–Trinajstić information content (AvgIpc) is 2.95. The summed E-state index contributed by atoms with van der Waals surface area (Å²) >= 11 is 0. The number of benzene rings is 1. The first-order valence-corrected chi connectivity index (χ1v) is 14.7. The van der Waals surface area contributed by atoms with Crippen LogP contribution in [0, 0.1) is 0 Å². The molecule has 0 bridgehead atoms. The molecular weight excluding hydrogens is 464 g/mol. The van der Waals surface area contributed by atoms with Gasteiger partial charge in [-0.1, -0.05) is 83.5 Å². The highest BCUT2D eigenvalue weighted by Gasteiger charge is 2.17. The number of hydrogen-bond acceptors (Lipinski definition) is 4. The van der Waals surface area contributed by atoms with Gasteiger partial charge in [0.1, 0.15) is 0 Å². The Morgan fingerprint density at radius 3 is 1.70 bits per heavy atom. The predicted octanol–water partition coefficient (Wildman–Crippen LogP) is 5.66. The summed E-state index contributed by atoms with van der Waals surface area (Å²) in [6.45, 7) is 1.62. The van der Waals surface area contributed by atoms with Crippen molar-refractivity contribution < 1.29 is 14.4 Å². The number of primary amides is 1. The minimum atomic E-state index is -0.374. The van der Waals surface area contributed by atoms with Crippen molar-refractivity contribution in [2.45, 2.75) is 122 Å². The number of carbonyl (C=O) groups excluding carboxylic acids is 3. The molecule has 7 nitrogen and oxygen atoms in total. The van der Waals surface area contributed by atoms with E-state index in [4.69, 9.17) is 11.5 Å². The number of nitrogens with zero attached hydrogens (tertiary/aromatic N) is 1. The lowest BCUT2D eigenvalue weighted by Crippen LogP contribution is -2.41. The summed E-state index contributed by atoms with van der Waals surface area (Å²) in [7, 11) is 0. The molecule has 1 unspecified atom stereocenters. The van der Waals surface area contributed by atoms with Crippen molar-refractivity contribution in [3.8, 4) is 0 Å². The zero-order valence-electron chi connectivity index (χ0n) is 22.9. The lowest BCUT2D eigenvalue weighted by atomic mass is 10.1. The predicted molar refractivity (Wildman–Crippen MR) is 150 cm³/mol. The molecule has 0 aromatic heterocycles. The lowest BCUT2D eigenvalue weighted by Gasteiger charge is -2.23. The molecule has 0 saturated carbocycles. The van der Waals surface area contributed by atoms with E-state index in [0.29, 0.717) is 17.5 Å². The number of carbonyl (C=O) groups is 3. The maximum Gasteiger partial charge on any atom is 0.253 e. The zero-order valence-corrected chi connectivity index (χ0v) is 22.9. The van der Waals surface area contributed by atoms with Crippen LogP contribution in [0.4, 0.5) is 0 Å². The summed E-state index contributed by atoms with van der Waals surface area (Å²) in [6.07, 6.45) is 19.2. The fourth-order valence-corrected chi connectivity index (χ4v) is 4.98. The standard InChI is InChI=1S/C30H50N4O3/c31-27(17-13-9-5-1-2-6-10-14-18-28(32)35)33-29(36)25-19-21-26(22-20-25)30(37)34-23-15-11-7-3-4-8-12-16-24-34/h19-22,27H,1-18,23-24,31H2,(H2,32,35)(H,33,36). The second-order valence-electron chi connectivity index (χ2n) is 10.6. The van der Waals surface area contributed by atoms with Crippen molar-refractivity contribution in [1.29, 1.82) is 0 Å². The number of unbranched alkanes of at least 4 members (excludes halogenated alkanes) is 7. The molecule has 3 amide bonds. The molecule has 1 aromatic rings. The van der Waals surface area contributed by atoms with Crippen molar-refractivity contribution in [3.63, 3.8) is 0 Å². The Kier molecular flexibility index (Phi) is 15.6. The first kappa shape index (κ1) is 30.8. The number of hydrogen-bond donors (Lipinski definition) is 3. The molecule has 1 saturated heterocycles. The number of amides is 3. The third kappa shape index (κ3) is 13.6. The van der Waals surface area contributed by atoms with Crippen molar-refractivity contribution in [1.82, 2.24) is 10.2 Å². The van der Waals surface area contributed by atoms with E-state index in [-0.39, 0.29) is 23.9 Å². The molecule has 1 atom stereocenters. The maximum atomic E-state index is 13.1. The van der Waals surface area contributed by atoms with Crippen molar-refractivity contribution in [3.05, 3.63) is 35.4 Å². The summed E-state index contributed by atoms with van der Waals surface area (Å²) in [4.78, 5) is 38.4. The van der Waals surface area contributed by atoms with Crippen LogP contribution in [0.15, 0.2) is 24.3 Å². The molecule has 7 heteroatoms. The van der Waals surface area contributed by atoms with Gasteiger partial charge < -0.3 is 21.7 Å². The van der Waals surface area contributed by atoms with Crippen LogP contribution in [-0.2, 0) is 4.79 Å². The largest absolute Gasteiger partial charge is 0.370 e. The molecule has 0 radical (unpaired) electrons. The van der Waals surface area contributed by atoms with Gasteiger partial charge in [-0.05, 0) is 49.9 Å². The van der Waals surface area contributed by atoms with Gasteiger partial charge in [-0.25, -0.2) is 0 Å². The van der Waals surface area contributed by atoms with Gasteiger partial charge in [-0.15, -0.1) is 0 Å². The van der Waals surface area contributed by atoms with Gasteiger partial charge in [0.2, 0.25) is 5.91 Å². The monoisotopic (exact) mass is 514 g/mol. The van der Waals surface area contributed by atoms with E-state index in [9.17, 15) is 14.4 Å². The van der Waals surface area contributed by atoms with Crippen LogP contribution in [0.25, 0.3) is 0 Å². The van der Waals surface area contributed by atoms with E-state index in [0.717, 1.165) is 70.9 Å². The summed E-state index contributed by atoms with van der Waals surface area (Å²) < 4.78 is 0. The van der Waals surface area contributed by atoms with Gasteiger partial charge in [-0.2, -0.15) is 0 Å². The molecule has 1 aliphatic heterocycles. The van der Waals surface area contributed by atoms with Gasteiger partial charge >= 0.3 is 0 Å². The highest BCUT2D eigenvalue weighted by atomic mass is 16.2. The van der Waals surface area contributed by atoms with Crippen LogP contribution in [-0.4, -0.2) is 41.9 Å². The first-order chi connectivity index (χ1) is 18.0. The Bertz CT molecular complexity index is 785. The van der Waals surface area contributed by atoms with E-state index in [1.54, 1.807) is 24.3 Å². The van der Waals surface area contributed by atoms with E-state index in [2.05, 4.69) is 5.32 Å². The van der Waals surface area contributed by atoms with E-state index < -0.39 is 0 Å². The second-order valence-corrected chi connectivity index (χ2v) is 10.6. The Labute approximate surface area is 224 Å². The second kappa shape index (κ2) is 18.8. The SMILES string of the molecule is NC(=O)CCCCCCCCCCC(N)NC(=O)c1ccc(C(=O)N2CCCCCCCCCC2)cc1. The van der Waals surface area contributed by atoms with Crippen molar-refractivity contribution in [2.75, 3.05) is 13.1 Å². The van der Waals surface area contributed by atoms with Gasteiger partial charge in [0.05, 0.1) is 6.17 Å². The van der Waals surface area contributed by atoms with Gasteiger partial charge in [-0.3, -0.25) is 14.4 Å². The molecule has 1 aliphatic rings. The highest BCUT2D eigenvalue weighted by Crippen LogP contribution is 2.15. The smallest absolute Gasteiger partial charge is 0.253 e. The highest BCUT2D eigenvalue weighted by molar-refractivity contribution is 5.97. The summed E-state index contributed by atoms with van der Waals surface area (Å²) in [6, 6.07) is 6.99. The Morgan fingerprint density at radius 2 is 1.16 bits per heavy atom. The lowest BCUT2D eigenvalue weighted by molar-refractivity contribution is -0.118. The van der Waals surface area contributed by atoms with E-state index in [1.165, 1.54) is 51.4 Å². The topological polar surface area (TPSA) is 119 Å². The van der Waals surface area contributed by atoms with Crippen LogP contribution in [0.2, 0.25) is 0 Å². The van der Waals surface area contributed by atoms with Gasteiger partial charge in [0.15, 0.2) is 0 Å². The minimum Gasteiger partial charge on any atom is -0.370 e. The molecule has 5 N–H and O–H groups in total. The fourth-order valence-electron chi connectivity index (χ4n) is 4.98. The normalized spacial score (nSPS) is 16.0. The Hall–Kier alpha value is -2.41. The Morgan fingerprint density at radius 1 is 0.703 bits per heavy atom. The van der Waals surface area contributed by atoms with Gasteiger partial charge in [0.25, 0.3) is 11.8 Å². The maximum absolute atomic E-state index is 13.1. The molecule has 0 aliphatic carbocycles. The molecule has 1 heterocycles. The molecule has 37 heavy (non-hydrogen) atoms. The fraction of sp³-hybridized carbons (Fsp3) is 0.700. The van der Waals surface area contributed by atoms with Crippen LogP contribution in [0.1, 0.15) is 136 Å². The third-order valence-electron chi connectivity index (χ3n) is 7.29. The Balaban J connectivity index is 1.66. The molecule has 208 valence electrons. The number of nitrogens with one attached hydrogen (secondary N) is 1. The first-order valence-electron chi connectivity index (χ1n) is 14.7. The molecule has 2 rings (SSSR count). The third-order valence-corrected chi connectivity index (χ3v) is 7.29. The van der Waals surface area contributed by atoms with Crippen molar-refractivity contribution >= 4 is 17.7 Å². The van der Waals surface area contributed by atoms with Crippen molar-refractivity contribution in [2.24, 2.45) is 11.5 Å². The van der Waals surface area contributed by atoms with Gasteiger partial charge in [0, 0.05) is 30.6 Å². The van der Waals surface area contributed by atoms with Crippen LogP contribution >= 0.6 is 0 Å². The van der Waals surface area contributed by atoms with Crippen LogP contribution < -0.4 is 16.8 Å². The molecule has 1 aromatic carbocycles. The number of nitrogens with two attached hydrogens (primary N) is 2. The van der Waals surface area contributed by atoms with Crippen LogP contribution in [0.5, 0.6) is 0 Å².